The second kappa shape index (κ2) is 17.6. The number of alkyl halides is 3. The van der Waals surface area contributed by atoms with Crippen LogP contribution in [-0.4, -0.2) is 84.6 Å². The van der Waals surface area contributed by atoms with Gasteiger partial charge in [0.1, 0.15) is 11.4 Å². The lowest BCUT2D eigenvalue weighted by Crippen LogP contribution is -2.45. The van der Waals surface area contributed by atoms with Gasteiger partial charge in [-0.3, -0.25) is 9.59 Å². The number of nitrogens with one attached hydrogen (secondary N) is 2. The molecule has 0 bridgehead atoms. The van der Waals surface area contributed by atoms with Crippen LogP contribution in [-0.2, 0) is 32.0 Å². The first-order chi connectivity index (χ1) is 21.9. The maximum absolute atomic E-state index is 13.8. The highest BCUT2D eigenvalue weighted by Crippen LogP contribution is 2.39. The molecule has 15 heteroatoms. The molecule has 1 heterocycles. The summed E-state index contributed by atoms with van der Waals surface area (Å²) in [6.45, 7) is 2.21. The number of benzene rings is 2. The molecule has 0 spiro atoms. The minimum atomic E-state index is -5.08. The Balaban J connectivity index is 0.000000738. The first kappa shape index (κ1) is 36.5. The van der Waals surface area contributed by atoms with E-state index in [2.05, 4.69) is 10.6 Å². The minimum absolute atomic E-state index is 0.0264. The predicted molar refractivity (Wildman–Crippen MR) is 157 cm³/mol. The summed E-state index contributed by atoms with van der Waals surface area (Å²) in [6, 6.07) is 7.64. The summed E-state index contributed by atoms with van der Waals surface area (Å²) in [4.78, 5) is 35.6. The van der Waals surface area contributed by atoms with Crippen molar-refractivity contribution in [1.82, 2.24) is 10.2 Å². The molecule has 10 nitrogen and oxygen atoms in total. The van der Waals surface area contributed by atoms with Crippen LogP contribution in [0.1, 0.15) is 49.7 Å². The highest BCUT2D eigenvalue weighted by atomic mass is 19.4. The zero-order valence-corrected chi connectivity index (χ0v) is 25.1. The lowest BCUT2D eigenvalue weighted by molar-refractivity contribution is -0.192. The zero-order chi connectivity index (χ0) is 33.7. The Morgan fingerprint density at radius 3 is 2.43 bits per heavy atom. The third kappa shape index (κ3) is 11.1. The van der Waals surface area contributed by atoms with Crippen LogP contribution in [0.3, 0.4) is 0 Å². The van der Waals surface area contributed by atoms with Gasteiger partial charge in [0.15, 0.2) is 24.0 Å². The standard InChI is InChI=1S/C29H37F2N3O5.C2HF3O2/c30-23-8-4-5-20(27(23)31)12-17-38-18-13-26(37)34(22-6-2-1-3-7-22)16-15-32-14-11-21-9-10-24(35)28-29(21)39-19-25(36)33-28;3-2(4,5)1(6)7/h4-5,8-10,22,32,35H,1-3,6-7,11-19H2,(H,33,36);(H,6,7). The molecule has 4 rings (SSSR count). The zero-order valence-electron chi connectivity index (χ0n) is 25.1. The molecule has 0 aromatic heterocycles. The molecule has 1 aliphatic carbocycles. The van der Waals surface area contributed by atoms with Crippen molar-refractivity contribution < 1.29 is 56.0 Å². The molecule has 0 radical (unpaired) electrons. The van der Waals surface area contributed by atoms with Gasteiger partial charge in [-0.25, -0.2) is 13.6 Å². The molecule has 1 saturated carbocycles. The number of fused-ring (bicyclic) bond motifs is 1. The molecule has 2 aromatic rings. The smallest absolute Gasteiger partial charge is 0.490 e. The van der Waals surface area contributed by atoms with Crippen molar-refractivity contribution in [3.8, 4) is 11.5 Å². The summed E-state index contributed by atoms with van der Waals surface area (Å²) in [6.07, 6.45) is 1.44. The van der Waals surface area contributed by atoms with Crippen molar-refractivity contribution in [2.24, 2.45) is 0 Å². The van der Waals surface area contributed by atoms with Gasteiger partial charge in [0.05, 0.1) is 19.6 Å². The monoisotopic (exact) mass is 659 g/mol. The Bertz CT molecular complexity index is 1340. The van der Waals surface area contributed by atoms with Crippen molar-refractivity contribution in [3.63, 3.8) is 0 Å². The lowest BCUT2D eigenvalue weighted by atomic mass is 9.94. The summed E-state index contributed by atoms with van der Waals surface area (Å²) in [5.41, 5.74) is 1.45. The van der Waals surface area contributed by atoms with E-state index >= 15 is 0 Å². The van der Waals surface area contributed by atoms with Crippen LogP contribution in [0, 0.1) is 11.6 Å². The maximum atomic E-state index is 13.8. The molecule has 1 aliphatic heterocycles. The number of aromatic hydroxyl groups is 1. The van der Waals surface area contributed by atoms with Gasteiger partial charge >= 0.3 is 12.1 Å². The molecule has 0 saturated heterocycles. The van der Waals surface area contributed by atoms with Crippen LogP contribution >= 0.6 is 0 Å². The number of phenols is 1. The number of amides is 2. The molecule has 4 N–H and O–H groups in total. The summed E-state index contributed by atoms with van der Waals surface area (Å²) >= 11 is 0. The fraction of sp³-hybridized carbons (Fsp3) is 0.516. The molecule has 46 heavy (non-hydrogen) atoms. The van der Waals surface area contributed by atoms with Gasteiger partial charge in [-0.2, -0.15) is 13.2 Å². The number of phenolic OH excluding ortho intramolecular Hbond substituents is 1. The van der Waals surface area contributed by atoms with Gasteiger partial charge in [-0.1, -0.05) is 37.5 Å². The van der Waals surface area contributed by atoms with Gasteiger partial charge < -0.3 is 35.2 Å². The van der Waals surface area contributed by atoms with E-state index in [1.165, 1.54) is 18.6 Å². The summed E-state index contributed by atoms with van der Waals surface area (Å²) in [5, 5.41) is 23.2. The van der Waals surface area contributed by atoms with Crippen LogP contribution in [0.4, 0.5) is 27.6 Å². The van der Waals surface area contributed by atoms with Crippen LogP contribution in [0.5, 0.6) is 11.5 Å². The summed E-state index contributed by atoms with van der Waals surface area (Å²) in [5.74, 6) is -4.27. The molecule has 2 aliphatic rings. The normalized spacial score (nSPS) is 14.8. The van der Waals surface area contributed by atoms with Crippen LogP contribution in [0.25, 0.3) is 0 Å². The van der Waals surface area contributed by atoms with Crippen molar-refractivity contribution >= 4 is 23.5 Å². The van der Waals surface area contributed by atoms with Gasteiger partial charge in [-0.15, -0.1) is 0 Å². The van der Waals surface area contributed by atoms with E-state index in [-0.39, 0.29) is 61.8 Å². The number of aliphatic carboxylic acids is 1. The van der Waals surface area contributed by atoms with Crippen LogP contribution < -0.4 is 15.4 Å². The topological polar surface area (TPSA) is 137 Å². The highest BCUT2D eigenvalue weighted by Gasteiger charge is 2.38. The molecule has 1 fully saturated rings. The Kier molecular flexibility index (Phi) is 14.0. The Labute approximate surface area is 262 Å². The largest absolute Gasteiger partial charge is 0.506 e. The number of carboxylic acids is 1. The number of anilines is 1. The van der Waals surface area contributed by atoms with Gasteiger partial charge in [0, 0.05) is 19.1 Å². The summed E-state index contributed by atoms with van der Waals surface area (Å²) < 4.78 is 70.0. The van der Waals surface area contributed by atoms with Crippen molar-refractivity contribution in [3.05, 3.63) is 53.1 Å². The predicted octanol–water partition coefficient (Wildman–Crippen LogP) is 4.58. The SMILES string of the molecule is O=C(O)C(F)(F)F.O=C1COc2c(CCNCCN(C(=O)CCOCCc3cccc(F)c3F)C3CCCCC3)ccc(O)c2N1. The van der Waals surface area contributed by atoms with E-state index < -0.39 is 23.8 Å². The van der Waals surface area contributed by atoms with E-state index in [1.807, 2.05) is 4.90 Å². The Hall–Kier alpha value is -3.98. The number of carbonyl (C=O) groups excluding carboxylic acids is 2. The maximum Gasteiger partial charge on any atom is 0.490 e. The second-order valence-electron chi connectivity index (χ2n) is 10.8. The summed E-state index contributed by atoms with van der Waals surface area (Å²) in [7, 11) is 0. The molecule has 254 valence electrons. The van der Waals surface area contributed by atoms with E-state index in [9.17, 15) is 36.6 Å². The quantitative estimate of drug-likeness (QED) is 0.139. The lowest BCUT2D eigenvalue weighted by Gasteiger charge is -2.34. The van der Waals surface area contributed by atoms with Crippen molar-refractivity contribution in [1.29, 1.82) is 0 Å². The first-order valence-electron chi connectivity index (χ1n) is 15.0. The number of rotatable bonds is 13. The van der Waals surface area contributed by atoms with Crippen LogP contribution in [0.2, 0.25) is 0 Å². The number of nitrogens with zero attached hydrogens (tertiary/aromatic N) is 1. The van der Waals surface area contributed by atoms with E-state index in [1.54, 1.807) is 12.1 Å². The molecule has 2 amide bonds. The first-order valence-corrected chi connectivity index (χ1v) is 15.0. The number of hydrogen-bond acceptors (Lipinski definition) is 7. The van der Waals surface area contributed by atoms with Crippen LogP contribution in [0.15, 0.2) is 30.3 Å². The van der Waals surface area contributed by atoms with Gasteiger partial charge in [0.25, 0.3) is 5.91 Å². The average molecular weight is 660 g/mol. The number of carboxylic acid groups (broad SMARTS) is 1. The number of hydrogen-bond donors (Lipinski definition) is 4. The average Bonchev–Trinajstić information content (AvgIpc) is 3.02. The number of carbonyl (C=O) groups is 3. The van der Waals surface area contributed by atoms with Gasteiger partial charge in [-0.05, 0) is 55.5 Å². The molecule has 2 aromatic carbocycles. The molecule has 0 atom stereocenters. The van der Waals surface area contributed by atoms with E-state index in [0.29, 0.717) is 37.5 Å². The van der Waals surface area contributed by atoms with E-state index in [0.717, 1.165) is 37.3 Å². The number of ether oxygens (including phenoxy) is 2. The van der Waals surface area contributed by atoms with Crippen molar-refractivity contribution in [2.75, 3.05) is 44.8 Å². The van der Waals surface area contributed by atoms with Crippen molar-refractivity contribution in [2.45, 2.75) is 63.6 Å². The minimum Gasteiger partial charge on any atom is -0.506 e. The fourth-order valence-electron chi connectivity index (χ4n) is 5.19. The third-order valence-corrected chi connectivity index (χ3v) is 7.52. The van der Waals surface area contributed by atoms with E-state index in [4.69, 9.17) is 19.4 Å². The highest BCUT2D eigenvalue weighted by molar-refractivity contribution is 5.97. The van der Waals surface area contributed by atoms with Gasteiger partial charge in [0.2, 0.25) is 5.91 Å². The molecule has 0 unspecified atom stereocenters. The Morgan fingerprint density at radius 2 is 1.74 bits per heavy atom. The molecular formula is C31H38F5N3O7. The fourth-order valence-corrected chi connectivity index (χ4v) is 5.19. The third-order valence-electron chi connectivity index (χ3n) is 7.52. The molecular weight excluding hydrogens is 621 g/mol. The Morgan fingerprint density at radius 1 is 1.02 bits per heavy atom. The number of halogens is 5. The second-order valence-corrected chi connectivity index (χ2v) is 10.8.